The number of hydrogen-bond donors (Lipinski definition) is 0. The number of imidazole rings is 1. The Kier molecular flexibility index (Phi) is 4.25. The van der Waals surface area contributed by atoms with Gasteiger partial charge >= 0.3 is 5.88 Å². The van der Waals surface area contributed by atoms with Crippen LogP contribution < -0.4 is 0 Å². The summed E-state index contributed by atoms with van der Waals surface area (Å²) in [6, 6.07) is 18.9. The van der Waals surface area contributed by atoms with E-state index < -0.39 is 4.92 Å². The minimum absolute atomic E-state index is 0.302. The van der Waals surface area contributed by atoms with Gasteiger partial charge in [-0.05, 0) is 30.7 Å². The van der Waals surface area contributed by atoms with Gasteiger partial charge in [0.25, 0.3) is 0 Å². The molecule has 7 nitrogen and oxygen atoms in total. The minimum Gasteiger partial charge on any atom is -0.400 e. The van der Waals surface area contributed by atoms with Crippen LogP contribution in [0, 0.1) is 17.0 Å². The Morgan fingerprint density at radius 1 is 1.15 bits per heavy atom. The first kappa shape index (κ1) is 16.7. The van der Waals surface area contributed by atoms with Gasteiger partial charge in [0.05, 0.1) is 29.9 Å². The largest absolute Gasteiger partial charge is 0.433 e. The van der Waals surface area contributed by atoms with Crippen molar-refractivity contribution in [2.45, 2.75) is 13.5 Å². The standard InChI is InChI=1S/C20H16N4O3/c1-14-6-8-15(9-7-14)13-23-18-5-3-2-4-17(18)22-20(23)21-12-16-10-11-19(27-16)24(25)26/h2-12H,13H2,1H3. The number of aryl methyl sites for hydroxylation is 1. The van der Waals surface area contributed by atoms with Gasteiger partial charge in [-0.1, -0.05) is 42.0 Å². The highest BCUT2D eigenvalue weighted by molar-refractivity contribution is 5.82. The lowest BCUT2D eigenvalue weighted by molar-refractivity contribution is -0.402. The second-order valence-corrected chi connectivity index (χ2v) is 6.16. The number of para-hydroxylation sites is 2. The molecule has 0 saturated heterocycles. The molecule has 7 heteroatoms. The molecule has 0 aliphatic heterocycles. The summed E-state index contributed by atoms with van der Waals surface area (Å²) in [5.41, 5.74) is 4.14. The number of aromatic nitrogens is 2. The van der Waals surface area contributed by atoms with Crippen LogP contribution >= 0.6 is 0 Å². The van der Waals surface area contributed by atoms with Crippen LogP contribution in [0.4, 0.5) is 11.8 Å². The molecule has 2 aromatic heterocycles. The number of fused-ring (bicyclic) bond motifs is 1. The van der Waals surface area contributed by atoms with Gasteiger partial charge in [0, 0.05) is 0 Å². The molecule has 4 rings (SSSR count). The van der Waals surface area contributed by atoms with Crippen LogP contribution in [0.15, 0.2) is 70.1 Å². The van der Waals surface area contributed by atoms with E-state index in [2.05, 4.69) is 41.2 Å². The lowest BCUT2D eigenvalue weighted by Crippen LogP contribution is -1.99. The fourth-order valence-corrected chi connectivity index (χ4v) is 2.82. The van der Waals surface area contributed by atoms with Gasteiger partial charge in [-0.25, -0.2) is 9.98 Å². The molecule has 0 fully saturated rings. The van der Waals surface area contributed by atoms with Crippen molar-refractivity contribution < 1.29 is 9.34 Å². The highest BCUT2D eigenvalue weighted by Gasteiger charge is 2.12. The summed E-state index contributed by atoms with van der Waals surface area (Å²) in [7, 11) is 0. The van der Waals surface area contributed by atoms with E-state index in [9.17, 15) is 10.1 Å². The van der Waals surface area contributed by atoms with Crippen LogP contribution in [-0.2, 0) is 6.54 Å². The number of benzene rings is 2. The lowest BCUT2D eigenvalue weighted by Gasteiger charge is -2.07. The normalized spacial score (nSPS) is 11.4. The molecule has 2 aromatic carbocycles. The second kappa shape index (κ2) is 6.87. The zero-order chi connectivity index (χ0) is 18.8. The molecule has 27 heavy (non-hydrogen) atoms. The first-order chi connectivity index (χ1) is 13.1. The average molecular weight is 360 g/mol. The van der Waals surface area contributed by atoms with E-state index in [1.165, 1.54) is 23.9 Å². The molecule has 0 atom stereocenters. The summed E-state index contributed by atoms with van der Waals surface area (Å²) in [5.74, 6) is 0.496. The zero-order valence-electron chi connectivity index (χ0n) is 14.6. The predicted molar refractivity (Wildman–Crippen MR) is 103 cm³/mol. The van der Waals surface area contributed by atoms with Crippen molar-refractivity contribution in [3.63, 3.8) is 0 Å². The zero-order valence-corrected chi connectivity index (χ0v) is 14.6. The molecule has 2 heterocycles. The Bertz CT molecular complexity index is 1140. The molecule has 4 aromatic rings. The second-order valence-electron chi connectivity index (χ2n) is 6.16. The van der Waals surface area contributed by atoms with Crippen molar-refractivity contribution in [3.05, 3.63) is 87.7 Å². The molecular weight excluding hydrogens is 344 g/mol. The van der Waals surface area contributed by atoms with Gasteiger partial charge in [0.15, 0.2) is 5.76 Å². The van der Waals surface area contributed by atoms with Crippen LogP contribution in [0.5, 0.6) is 0 Å². The van der Waals surface area contributed by atoms with Crippen molar-refractivity contribution in [2.75, 3.05) is 0 Å². The summed E-state index contributed by atoms with van der Waals surface area (Å²) in [5, 5.41) is 10.7. The number of aliphatic imine (C=N–C) groups is 1. The molecule has 0 bridgehead atoms. The van der Waals surface area contributed by atoms with Crippen molar-refractivity contribution >= 4 is 29.1 Å². The summed E-state index contributed by atoms with van der Waals surface area (Å²) in [6.45, 7) is 2.67. The number of nitro groups is 1. The third-order valence-electron chi connectivity index (χ3n) is 4.20. The lowest BCUT2D eigenvalue weighted by atomic mass is 10.1. The summed E-state index contributed by atoms with van der Waals surface area (Å²) in [4.78, 5) is 19.1. The van der Waals surface area contributed by atoms with Crippen molar-refractivity contribution in [3.8, 4) is 0 Å². The van der Waals surface area contributed by atoms with Gasteiger partial charge in [0.1, 0.15) is 4.92 Å². The SMILES string of the molecule is Cc1ccc(Cn2c(N=Cc3ccc([N+](=O)[O-])o3)nc3ccccc32)cc1. The maximum atomic E-state index is 10.7. The van der Waals surface area contributed by atoms with Gasteiger partial charge in [-0.3, -0.25) is 10.1 Å². The van der Waals surface area contributed by atoms with Crippen molar-refractivity contribution in [2.24, 2.45) is 4.99 Å². The molecule has 0 N–H and O–H groups in total. The third-order valence-corrected chi connectivity index (χ3v) is 4.20. The van der Waals surface area contributed by atoms with E-state index in [-0.39, 0.29) is 5.88 Å². The van der Waals surface area contributed by atoms with Gasteiger partial charge in [-0.15, -0.1) is 0 Å². The van der Waals surface area contributed by atoms with E-state index >= 15 is 0 Å². The highest BCUT2D eigenvalue weighted by atomic mass is 16.6. The Balaban J connectivity index is 1.71. The Labute approximate surface area is 154 Å². The molecule has 134 valence electrons. The average Bonchev–Trinajstić information content (AvgIpc) is 3.27. The maximum absolute atomic E-state index is 10.7. The van der Waals surface area contributed by atoms with E-state index in [1.807, 2.05) is 28.8 Å². The molecule has 0 unspecified atom stereocenters. The van der Waals surface area contributed by atoms with Crippen LogP contribution in [0.1, 0.15) is 16.9 Å². The van der Waals surface area contributed by atoms with Gasteiger partial charge in [-0.2, -0.15) is 0 Å². The fraction of sp³-hybridized carbons (Fsp3) is 0.100. The quantitative estimate of drug-likeness (QED) is 0.295. The third kappa shape index (κ3) is 3.48. The van der Waals surface area contributed by atoms with E-state index in [0.29, 0.717) is 18.3 Å². The number of hydrogen-bond acceptors (Lipinski definition) is 5. The molecule has 0 aliphatic carbocycles. The minimum atomic E-state index is -0.579. The Morgan fingerprint density at radius 2 is 1.93 bits per heavy atom. The molecule has 0 saturated carbocycles. The molecule has 0 aliphatic rings. The number of rotatable bonds is 5. The smallest absolute Gasteiger partial charge is 0.400 e. The van der Waals surface area contributed by atoms with Crippen LogP contribution in [-0.4, -0.2) is 20.7 Å². The van der Waals surface area contributed by atoms with Crippen LogP contribution in [0.3, 0.4) is 0 Å². The predicted octanol–water partition coefficient (Wildman–Crippen LogP) is 4.64. The Morgan fingerprint density at radius 3 is 2.67 bits per heavy atom. The maximum Gasteiger partial charge on any atom is 0.433 e. The monoisotopic (exact) mass is 360 g/mol. The van der Waals surface area contributed by atoms with Crippen molar-refractivity contribution in [1.82, 2.24) is 9.55 Å². The number of furan rings is 1. The molecule has 0 radical (unpaired) electrons. The van der Waals surface area contributed by atoms with Crippen molar-refractivity contribution in [1.29, 1.82) is 0 Å². The topological polar surface area (TPSA) is 86.5 Å². The van der Waals surface area contributed by atoms with E-state index in [4.69, 9.17) is 4.42 Å². The molecular formula is C20H16N4O3. The molecule has 0 amide bonds. The van der Waals surface area contributed by atoms with Gasteiger partial charge < -0.3 is 8.98 Å². The van der Waals surface area contributed by atoms with E-state index in [0.717, 1.165) is 16.6 Å². The first-order valence-corrected chi connectivity index (χ1v) is 8.39. The van der Waals surface area contributed by atoms with Crippen LogP contribution in [0.25, 0.3) is 11.0 Å². The van der Waals surface area contributed by atoms with Gasteiger partial charge in [0.2, 0.25) is 5.95 Å². The summed E-state index contributed by atoms with van der Waals surface area (Å²) >= 11 is 0. The summed E-state index contributed by atoms with van der Waals surface area (Å²) in [6.07, 6.45) is 1.44. The first-order valence-electron chi connectivity index (χ1n) is 8.39. The van der Waals surface area contributed by atoms with Crippen LogP contribution in [0.2, 0.25) is 0 Å². The van der Waals surface area contributed by atoms with E-state index in [1.54, 1.807) is 0 Å². The fourth-order valence-electron chi connectivity index (χ4n) is 2.82. The highest BCUT2D eigenvalue weighted by Crippen LogP contribution is 2.24. The summed E-state index contributed by atoms with van der Waals surface area (Å²) < 4.78 is 7.13. The Hall–Kier alpha value is -3.74. The molecule has 0 spiro atoms. The number of nitrogens with zero attached hydrogens (tertiary/aromatic N) is 4.